The molecule has 0 atom stereocenters. The molecule has 0 radical (unpaired) electrons. The number of benzene rings is 1. The second-order valence-corrected chi connectivity index (χ2v) is 13.8. The SMILES string of the molecule is COCCNC(=O)c1c(CCCCCCCC/C=C\CCCCCCCC(=O)[O-])c2ncc(Cc3ccc(F)cc3)cc2n(Cc2nccn2C)c1=O.[Na+]. The first kappa shape index (κ1) is 44.8. The molecule has 1 aromatic carbocycles. The molecule has 0 saturated carbocycles. The molecule has 4 aromatic rings. The Morgan fingerprint density at radius 2 is 1.56 bits per heavy atom. The predicted octanol–water partition coefficient (Wildman–Crippen LogP) is 3.60. The molecule has 0 saturated heterocycles. The average Bonchev–Trinajstić information content (AvgIpc) is 3.55. The van der Waals surface area contributed by atoms with Crippen LogP contribution in [0.4, 0.5) is 4.39 Å². The Bertz CT molecular complexity index is 1840. The van der Waals surface area contributed by atoms with Crippen LogP contribution >= 0.6 is 0 Å². The molecule has 0 bridgehead atoms. The van der Waals surface area contributed by atoms with E-state index < -0.39 is 11.9 Å². The minimum atomic E-state index is -0.957. The van der Waals surface area contributed by atoms with Crippen LogP contribution in [0.3, 0.4) is 0 Å². The van der Waals surface area contributed by atoms with E-state index in [1.165, 1.54) is 12.1 Å². The molecule has 4 rings (SSSR count). The standard InChI is InChI=1S/C42H56FN5O5.Na/c1-47-26-24-44-37(47)31-48-36-29-33(28-32-20-22-34(43)23-21-32)30-46-40(36)35(39(42(48)52)41(51)45-25-27-53-2)18-16-14-12-10-8-6-4-3-5-7-9-11-13-15-17-19-38(49)50;/h3,5,20-24,26,29-30H,4,6-19,25,27-28,31H2,1-2H3,(H,45,51)(H,49,50);/q;+1/p-1/b5-3-;. The number of unbranched alkanes of at least 4 members (excludes halogenated alkanes) is 11. The summed E-state index contributed by atoms with van der Waals surface area (Å²) in [6.45, 7) is 0.773. The molecule has 1 N–H and O–H groups in total. The number of rotatable bonds is 25. The fourth-order valence-corrected chi connectivity index (χ4v) is 6.61. The first-order chi connectivity index (χ1) is 25.8. The molecule has 286 valence electrons. The van der Waals surface area contributed by atoms with Crippen LogP contribution in [-0.4, -0.2) is 51.2 Å². The fourth-order valence-electron chi connectivity index (χ4n) is 6.61. The van der Waals surface area contributed by atoms with Gasteiger partial charge in [0.1, 0.15) is 17.2 Å². The number of aliphatic carboxylic acids is 1. The summed E-state index contributed by atoms with van der Waals surface area (Å²) in [5.74, 6) is -1.02. The zero-order valence-electron chi connectivity index (χ0n) is 32.4. The number of nitrogens with one attached hydrogen (secondary N) is 1. The molecule has 0 unspecified atom stereocenters. The summed E-state index contributed by atoms with van der Waals surface area (Å²) in [5.41, 5.74) is 3.46. The Morgan fingerprint density at radius 1 is 0.907 bits per heavy atom. The van der Waals surface area contributed by atoms with Crippen LogP contribution < -0.4 is 45.5 Å². The molecule has 12 heteroatoms. The smallest absolute Gasteiger partial charge is 0.550 e. The Kier molecular flexibility index (Phi) is 20.5. The number of ether oxygens (including phenoxy) is 1. The number of nitrogens with zero attached hydrogens (tertiary/aromatic N) is 4. The van der Waals surface area contributed by atoms with Crippen LogP contribution in [-0.2, 0) is 36.0 Å². The van der Waals surface area contributed by atoms with Crippen molar-refractivity contribution in [3.8, 4) is 0 Å². The molecule has 3 heterocycles. The number of halogens is 1. The number of amides is 1. The number of allylic oxidation sites excluding steroid dienone is 2. The monoisotopic (exact) mass is 751 g/mol. The van der Waals surface area contributed by atoms with Crippen molar-refractivity contribution in [3.63, 3.8) is 0 Å². The Labute approximate surface area is 340 Å². The number of hydrogen-bond donors (Lipinski definition) is 1. The third-order valence-electron chi connectivity index (χ3n) is 9.59. The van der Waals surface area contributed by atoms with Gasteiger partial charge in [-0.1, -0.05) is 69.2 Å². The average molecular weight is 752 g/mol. The molecule has 0 aliphatic rings. The maximum Gasteiger partial charge on any atom is 1.00 e. The van der Waals surface area contributed by atoms with E-state index in [1.807, 2.05) is 23.9 Å². The fraction of sp³-hybridized carbons (Fsp3) is 0.500. The Hall–Kier alpha value is -3.64. The van der Waals surface area contributed by atoms with Crippen LogP contribution in [0.2, 0.25) is 0 Å². The van der Waals surface area contributed by atoms with E-state index in [2.05, 4.69) is 22.5 Å². The summed E-state index contributed by atoms with van der Waals surface area (Å²) in [6.07, 6.45) is 24.5. The van der Waals surface area contributed by atoms with Crippen molar-refractivity contribution < 1.29 is 53.4 Å². The van der Waals surface area contributed by atoms with Crippen molar-refractivity contribution >= 4 is 22.9 Å². The normalized spacial score (nSPS) is 11.3. The predicted molar refractivity (Wildman–Crippen MR) is 204 cm³/mol. The van der Waals surface area contributed by atoms with Gasteiger partial charge in [-0.2, -0.15) is 0 Å². The minimum Gasteiger partial charge on any atom is -0.550 e. The van der Waals surface area contributed by atoms with E-state index in [1.54, 1.807) is 36.2 Å². The van der Waals surface area contributed by atoms with E-state index in [-0.39, 0.29) is 66.0 Å². The maximum absolute atomic E-state index is 14.4. The number of aryl methyl sites for hydroxylation is 2. The van der Waals surface area contributed by atoms with Gasteiger partial charge in [-0.15, -0.1) is 0 Å². The van der Waals surface area contributed by atoms with Crippen LogP contribution in [0.25, 0.3) is 11.0 Å². The molecular formula is C42H55FN5NaO5. The van der Waals surface area contributed by atoms with Gasteiger partial charge in [-0.3, -0.25) is 19.1 Å². The number of pyridine rings is 2. The van der Waals surface area contributed by atoms with Gasteiger partial charge in [0.2, 0.25) is 0 Å². The largest absolute Gasteiger partial charge is 1.00 e. The molecule has 0 aliphatic carbocycles. The van der Waals surface area contributed by atoms with Gasteiger partial charge in [0.25, 0.3) is 11.5 Å². The molecule has 1 amide bonds. The molecule has 0 fully saturated rings. The van der Waals surface area contributed by atoms with E-state index in [4.69, 9.17) is 9.72 Å². The summed E-state index contributed by atoms with van der Waals surface area (Å²) in [7, 11) is 3.44. The van der Waals surface area contributed by atoms with Gasteiger partial charge >= 0.3 is 29.6 Å². The summed E-state index contributed by atoms with van der Waals surface area (Å²) >= 11 is 0. The number of aromatic nitrogens is 4. The van der Waals surface area contributed by atoms with E-state index in [0.717, 1.165) is 88.2 Å². The number of fused-ring (bicyclic) bond motifs is 1. The van der Waals surface area contributed by atoms with Crippen molar-refractivity contribution in [1.82, 2.24) is 24.4 Å². The molecule has 54 heavy (non-hydrogen) atoms. The molecule has 10 nitrogen and oxygen atoms in total. The van der Waals surface area contributed by atoms with Crippen LogP contribution in [0.15, 0.2) is 65.9 Å². The quantitative estimate of drug-likeness (QED) is 0.0623. The van der Waals surface area contributed by atoms with Crippen molar-refractivity contribution in [2.45, 2.75) is 109 Å². The van der Waals surface area contributed by atoms with Crippen molar-refractivity contribution in [1.29, 1.82) is 0 Å². The van der Waals surface area contributed by atoms with Gasteiger partial charge in [0.15, 0.2) is 0 Å². The van der Waals surface area contributed by atoms with Gasteiger partial charge in [-0.25, -0.2) is 9.37 Å². The Balaban J connectivity index is 0.00000784. The second kappa shape index (κ2) is 24.7. The minimum absolute atomic E-state index is 0. The number of carboxylic acids is 1. The number of carboxylic acid groups (broad SMARTS) is 1. The van der Waals surface area contributed by atoms with Crippen molar-refractivity contribution in [2.75, 3.05) is 20.3 Å². The molecule has 0 aliphatic heterocycles. The molecular weight excluding hydrogens is 696 g/mol. The third-order valence-corrected chi connectivity index (χ3v) is 9.59. The van der Waals surface area contributed by atoms with Gasteiger partial charge in [0, 0.05) is 45.3 Å². The zero-order chi connectivity index (χ0) is 37.8. The summed E-state index contributed by atoms with van der Waals surface area (Å²) in [4.78, 5) is 47.8. The van der Waals surface area contributed by atoms with Crippen LogP contribution in [0.5, 0.6) is 0 Å². The summed E-state index contributed by atoms with van der Waals surface area (Å²) < 4.78 is 22.2. The van der Waals surface area contributed by atoms with Gasteiger partial charge in [0.05, 0.1) is 24.2 Å². The van der Waals surface area contributed by atoms with E-state index in [0.29, 0.717) is 48.3 Å². The third kappa shape index (κ3) is 14.5. The number of carbonyl (C=O) groups is 2. The number of methoxy groups -OCH3 is 1. The van der Waals surface area contributed by atoms with E-state index >= 15 is 0 Å². The maximum atomic E-state index is 14.4. The number of carbonyl (C=O) groups excluding carboxylic acids is 2. The molecule has 3 aromatic heterocycles. The summed E-state index contributed by atoms with van der Waals surface area (Å²) in [5, 5.41) is 13.3. The number of hydrogen-bond acceptors (Lipinski definition) is 7. The first-order valence-electron chi connectivity index (χ1n) is 19.2. The summed E-state index contributed by atoms with van der Waals surface area (Å²) in [6, 6.07) is 8.32. The van der Waals surface area contributed by atoms with Crippen molar-refractivity contribution in [2.24, 2.45) is 7.05 Å². The van der Waals surface area contributed by atoms with Gasteiger partial charge in [-0.05, 0) is 92.7 Å². The second-order valence-electron chi connectivity index (χ2n) is 13.8. The molecule has 0 spiro atoms. The van der Waals surface area contributed by atoms with Crippen LogP contribution in [0, 0.1) is 5.82 Å². The topological polar surface area (TPSA) is 131 Å². The Morgan fingerprint density at radius 3 is 2.19 bits per heavy atom. The number of imidazole rings is 1. The first-order valence-corrected chi connectivity index (χ1v) is 19.2. The van der Waals surface area contributed by atoms with Gasteiger partial charge < -0.3 is 24.5 Å². The van der Waals surface area contributed by atoms with E-state index in [9.17, 15) is 23.9 Å². The van der Waals surface area contributed by atoms with Crippen molar-refractivity contribution in [3.05, 3.63) is 105 Å². The van der Waals surface area contributed by atoms with Crippen LogP contribution in [0.1, 0.15) is 123 Å². The zero-order valence-corrected chi connectivity index (χ0v) is 34.4.